The fourth-order valence-corrected chi connectivity index (χ4v) is 3.88. The number of ether oxygens (including phenoxy) is 1. The fourth-order valence-electron chi connectivity index (χ4n) is 3.88. The summed E-state index contributed by atoms with van der Waals surface area (Å²) in [5.41, 5.74) is 3.50. The van der Waals surface area contributed by atoms with E-state index in [0.29, 0.717) is 18.7 Å². The summed E-state index contributed by atoms with van der Waals surface area (Å²) in [6.45, 7) is 9.09. The number of hydrogen-bond acceptors (Lipinski definition) is 3. The maximum absolute atomic E-state index is 13.3. The lowest BCUT2D eigenvalue weighted by molar-refractivity contribution is 0.0682. The average molecular weight is 386 g/mol. The smallest absolute Gasteiger partial charge is 0.257 e. The standard InChI is InChI=1S/C25H26N2O2/c1-4-15-27-24(26-21-12-8-7-11-20(21)25(27)28)23-19-10-6-5-9-18(19)13-14-22(23)29-16-17(2)3/h5-14,24,26H,2,4,15-16H2,1,3H3. The predicted octanol–water partition coefficient (Wildman–Crippen LogP) is 5.77. The second kappa shape index (κ2) is 8.00. The molecule has 0 radical (unpaired) electrons. The molecule has 0 fully saturated rings. The van der Waals surface area contributed by atoms with Crippen molar-refractivity contribution in [2.75, 3.05) is 18.5 Å². The van der Waals surface area contributed by atoms with Gasteiger partial charge in [-0.05, 0) is 47.9 Å². The van der Waals surface area contributed by atoms with Crippen LogP contribution in [0.2, 0.25) is 0 Å². The Morgan fingerprint density at radius 3 is 2.66 bits per heavy atom. The molecular weight excluding hydrogens is 360 g/mol. The van der Waals surface area contributed by atoms with Crippen molar-refractivity contribution in [1.82, 2.24) is 4.90 Å². The van der Waals surface area contributed by atoms with Gasteiger partial charge in [-0.15, -0.1) is 0 Å². The van der Waals surface area contributed by atoms with Crippen molar-refractivity contribution >= 4 is 22.4 Å². The van der Waals surface area contributed by atoms with Gasteiger partial charge >= 0.3 is 0 Å². The Balaban J connectivity index is 1.90. The summed E-state index contributed by atoms with van der Waals surface area (Å²) < 4.78 is 6.13. The second-order valence-corrected chi connectivity index (χ2v) is 7.54. The van der Waals surface area contributed by atoms with E-state index in [4.69, 9.17) is 4.74 Å². The maximum Gasteiger partial charge on any atom is 0.257 e. The Labute approximate surface area is 171 Å². The molecule has 0 saturated carbocycles. The minimum absolute atomic E-state index is 0.0463. The lowest BCUT2D eigenvalue weighted by Crippen LogP contribution is -2.43. The molecule has 1 aliphatic rings. The van der Waals surface area contributed by atoms with Crippen molar-refractivity contribution < 1.29 is 9.53 Å². The Bertz CT molecular complexity index is 1070. The number of rotatable bonds is 6. The summed E-state index contributed by atoms with van der Waals surface area (Å²) >= 11 is 0. The van der Waals surface area contributed by atoms with Crippen LogP contribution in [0, 0.1) is 0 Å². The van der Waals surface area contributed by atoms with Gasteiger partial charge in [-0.1, -0.05) is 56.0 Å². The molecule has 0 bridgehead atoms. The highest BCUT2D eigenvalue weighted by Crippen LogP contribution is 2.40. The van der Waals surface area contributed by atoms with E-state index in [0.717, 1.165) is 39.8 Å². The number of benzene rings is 3. The van der Waals surface area contributed by atoms with Gasteiger partial charge in [-0.25, -0.2) is 0 Å². The van der Waals surface area contributed by atoms with Crippen LogP contribution in [0.25, 0.3) is 10.8 Å². The number of hydrogen-bond donors (Lipinski definition) is 1. The number of amides is 1. The first-order valence-corrected chi connectivity index (χ1v) is 10.1. The van der Waals surface area contributed by atoms with E-state index in [-0.39, 0.29) is 12.1 Å². The number of carbonyl (C=O) groups is 1. The summed E-state index contributed by atoms with van der Waals surface area (Å²) in [4.78, 5) is 15.2. The zero-order valence-electron chi connectivity index (χ0n) is 16.9. The predicted molar refractivity (Wildman–Crippen MR) is 118 cm³/mol. The van der Waals surface area contributed by atoms with Gasteiger partial charge in [0, 0.05) is 17.8 Å². The van der Waals surface area contributed by atoms with Gasteiger partial charge in [0.2, 0.25) is 0 Å². The molecule has 29 heavy (non-hydrogen) atoms. The molecule has 4 heteroatoms. The number of anilines is 1. The Hall–Kier alpha value is -3.27. The van der Waals surface area contributed by atoms with Crippen LogP contribution in [0.15, 0.2) is 72.8 Å². The molecule has 1 amide bonds. The minimum Gasteiger partial charge on any atom is -0.489 e. The molecule has 0 aromatic heterocycles. The molecule has 0 saturated heterocycles. The average Bonchev–Trinajstić information content (AvgIpc) is 2.74. The Kier molecular flexibility index (Phi) is 5.26. The van der Waals surface area contributed by atoms with Gasteiger partial charge in [0.15, 0.2) is 0 Å². The summed E-state index contributed by atoms with van der Waals surface area (Å²) in [5.74, 6) is 0.822. The zero-order valence-corrected chi connectivity index (χ0v) is 16.9. The van der Waals surface area contributed by atoms with E-state index in [9.17, 15) is 4.79 Å². The summed E-state index contributed by atoms with van der Waals surface area (Å²) in [7, 11) is 0. The quantitative estimate of drug-likeness (QED) is 0.547. The third kappa shape index (κ3) is 3.58. The number of nitrogens with zero attached hydrogens (tertiary/aromatic N) is 1. The van der Waals surface area contributed by atoms with Gasteiger partial charge in [0.1, 0.15) is 18.5 Å². The van der Waals surface area contributed by atoms with Gasteiger partial charge in [-0.2, -0.15) is 0 Å². The molecule has 4 nitrogen and oxygen atoms in total. The van der Waals surface area contributed by atoms with Gasteiger partial charge in [0.05, 0.1) is 5.56 Å². The Morgan fingerprint density at radius 2 is 1.86 bits per heavy atom. The molecular formula is C25H26N2O2. The third-order valence-electron chi connectivity index (χ3n) is 5.16. The van der Waals surface area contributed by atoms with Crippen molar-refractivity contribution in [3.8, 4) is 5.75 Å². The number of fused-ring (bicyclic) bond motifs is 2. The molecule has 4 rings (SSSR count). The normalized spacial score (nSPS) is 15.7. The number of para-hydroxylation sites is 1. The monoisotopic (exact) mass is 386 g/mol. The lowest BCUT2D eigenvalue weighted by atomic mass is 9.97. The van der Waals surface area contributed by atoms with Crippen LogP contribution < -0.4 is 10.1 Å². The van der Waals surface area contributed by atoms with Crippen LogP contribution in [0.1, 0.15) is 42.4 Å². The van der Waals surface area contributed by atoms with E-state index in [2.05, 4.69) is 37.0 Å². The van der Waals surface area contributed by atoms with Crippen LogP contribution in [-0.2, 0) is 0 Å². The molecule has 148 valence electrons. The first-order valence-electron chi connectivity index (χ1n) is 10.1. The Morgan fingerprint density at radius 1 is 1.10 bits per heavy atom. The first kappa shape index (κ1) is 19.1. The molecule has 1 unspecified atom stereocenters. The lowest BCUT2D eigenvalue weighted by Gasteiger charge is -2.39. The molecule has 1 N–H and O–H groups in total. The van der Waals surface area contributed by atoms with E-state index in [1.165, 1.54) is 0 Å². The van der Waals surface area contributed by atoms with E-state index >= 15 is 0 Å². The first-order chi connectivity index (χ1) is 14.1. The summed E-state index contributed by atoms with van der Waals surface area (Å²) in [6, 6.07) is 20.0. The molecule has 1 atom stereocenters. The van der Waals surface area contributed by atoms with Crippen molar-refractivity contribution in [2.45, 2.75) is 26.4 Å². The largest absolute Gasteiger partial charge is 0.489 e. The summed E-state index contributed by atoms with van der Waals surface area (Å²) in [5, 5.41) is 5.80. The van der Waals surface area contributed by atoms with Crippen LogP contribution in [-0.4, -0.2) is 24.0 Å². The molecule has 0 spiro atoms. The highest BCUT2D eigenvalue weighted by molar-refractivity contribution is 6.02. The topological polar surface area (TPSA) is 41.6 Å². The second-order valence-electron chi connectivity index (χ2n) is 7.54. The highest BCUT2D eigenvalue weighted by Gasteiger charge is 2.34. The van der Waals surface area contributed by atoms with E-state index in [1.54, 1.807) is 0 Å². The van der Waals surface area contributed by atoms with E-state index < -0.39 is 0 Å². The van der Waals surface area contributed by atoms with Crippen molar-refractivity contribution in [1.29, 1.82) is 0 Å². The zero-order chi connectivity index (χ0) is 20.4. The molecule has 1 heterocycles. The van der Waals surface area contributed by atoms with Crippen LogP contribution in [0.3, 0.4) is 0 Å². The molecule has 3 aromatic rings. The van der Waals surface area contributed by atoms with Gasteiger partial charge in [-0.3, -0.25) is 4.79 Å². The third-order valence-corrected chi connectivity index (χ3v) is 5.16. The van der Waals surface area contributed by atoms with Crippen LogP contribution in [0.5, 0.6) is 5.75 Å². The van der Waals surface area contributed by atoms with E-state index in [1.807, 2.05) is 54.3 Å². The van der Waals surface area contributed by atoms with Gasteiger partial charge < -0.3 is 15.0 Å². The van der Waals surface area contributed by atoms with Gasteiger partial charge in [0.25, 0.3) is 5.91 Å². The van der Waals surface area contributed by atoms with Crippen molar-refractivity contribution in [2.24, 2.45) is 0 Å². The molecule has 3 aromatic carbocycles. The number of carbonyl (C=O) groups excluding carboxylic acids is 1. The fraction of sp³-hybridized carbons (Fsp3) is 0.240. The molecule has 0 aliphatic carbocycles. The van der Waals surface area contributed by atoms with Crippen LogP contribution in [0.4, 0.5) is 5.69 Å². The summed E-state index contributed by atoms with van der Waals surface area (Å²) in [6.07, 6.45) is 0.572. The highest BCUT2D eigenvalue weighted by atomic mass is 16.5. The van der Waals surface area contributed by atoms with Crippen molar-refractivity contribution in [3.63, 3.8) is 0 Å². The minimum atomic E-state index is -0.302. The SMILES string of the molecule is C=C(C)COc1ccc2ccccc2c1C1Nc2ccccc2C(=O)N1CCC. The molecule has 1 aliphatic heterocycles. The van der Waals surface area contributed by atoms with Crippen LogP contribution >= 0.6 is 0 Å². The maximum atomic E-state index is 13.3. The van der Waals surface area contributed by atoms with Crippen molar-refractivity contribution in [3.05, 3.63) is 83.9 Å². The number of nitrogens with one attached hydrogen (secondary N) is 1.